The van der Waals surface area contributed by atoms with E-state index in [9.17, 15) is 14.9 Å². The Hall–Kier alpha value is -3.42. The molecule has 8 heteroatoms. The summed E-state index contributed by atoms with van der Waals surface area (Å²) in [6.07, 6.45) is 3.94. The Labute approximate surface area is 169 Å². The van der Waals surface area contributed by atoms with Crippen LogP contribution in [0.2, 0.25) is 0 Å². The van der Waals surface area contributed by atoms with Crippen molar-refractivity contribution in [1.82, 2.24) is 19.7 Å². The van der Waals surface area contributed by atoms with Gasteiger partial charge in [0, 0.05) is 18.1 Å². The Kier molecular flexibility index (Phi) is 5.81. The predicted octanol–water partition coefficient (Wildman–Crippen LogP) is 3.71. The number of nitrogens with one attached hydrogen (secondary N) is 1. The fraction of sp³-hybridized carbons (Fsp3) is 0.333. The van der Waals surface area contributed by atoms with Gasteiger partial charge in [-0.1, -0.05) is 19.1 Å². The number of benzene rings is 1. The number of rotatable bonds is 7. The number of amides is 1. The second kappa shape index (κ2) is 8.30. The van der Waals surface area contributed by atoms with Crippen LogP contribution in [0.1, 0.15) is 36.8 Å². The zero-order valence-corrected chi connectivity index (χ0v) is 17.0. The minimum atomic E-state index is -0.432. The fourth-order valence-electron chi connectivity index (χ4n) is 3.37. The number of nitrogens with zero attached hydrogens (tertiary/aromatic N) is 4. The largest absolute Gasteiger partial charge is 0.349 e. The minimum Gasteiger partial charge on any atom is -0.349 e. The number of aromatic nitrogens is 3. The maximum Gasteiger partial charge on any atom is 0.312 e. The predicted molar refractivity (Wildman–Crippen MR) is 110 cm³/mol. The molecule has 0 aliphatic heterocycles. The van der Waals surface area contributed by atoms with Gasteiger partial charge < -0.3 is 9.88 Å². The molecule has 2 atom stereocenters. The molecule has 0 spiro atoms. The van der Waals surface area contributed by atoms with Gasteiger partial charge in [-0.2, -0.15) is 5.10 Å². The van der Waals surface area contributed by atoms with Crippen molar-refractivity contribution in [3.63, 3.8) is 0 Å². The summed E-state index contributed by atoms with van der Waals surface area (Å²) in [7, 11) is 0. The summed E-state index contributed by atoms with van der Waals surface area (Å²) in [6, 6.07) is 11.7. The molecule has 0 saturated heterocycles. The molecule has 3 rings (SSSR count). The Balaban J connectivity index is 1.68. The van der Waals surface area contributed by atoms with E-state index >= 15 is 0 Å². The summed E-state index contributed by atoms with van der Waals surface area (Å²) >= 11 is 0. The Bertz CT molecular complexity index is 1020. The molecule has 152 valence electrons. The standard InChI is InChI=1S/C21H25N5O3/c1-14(13-25-17(4)20(26(28)29)16(3)23-25)21(27)22-15(2)18-8-7-9-19(12-18)24-10-5-6-11-24/h5-12,14-15H,13H2,1-4H3,(H,22,27). The average Bonchev–Trinajstić information content (AvgIpc) is 3.30. The van der Waals surface area contributed by atoms with E-state index in [1.807, 2.05) is 60.3 Å². The fourth-order valence-corrected chi connectivity index (χ4v) is 3.37. The lowest BCUT2D eigenvalue weighted by Gasteiger charge is -2.19. The van der Waals surface area contributed by atoms with Crippen LogP contribution < -0.4 is 5.32 Å². The maximum absolute atomic E-state index is 12.7. The van der Waals surface area contributed by atoms with E-state index in [1.54, 1.807) is 20.8 Å². The van der Waals surface area contributed by atoms with Crippen LogP contribution in [0.15, 0.2) is 48.8 Å². The molecular formula is C21H25N5O3. The number of carbonyl (C=O) groups is 1. The minimum absolute atomic E-state index is 0.00723. The zero-order chi connectivity index (χ0) is 21.1. The van der Waals surface area contributed by atoms with Crippen LogP contribution in [0.4, 0.5) is 5.69 Å². The third-order valence-electron chi connectivity index (χ3n) is 5.05. The summed E-state index contributed by atoms with van der Waals surface area (Å²) in [4.78, 5) is 23.4. The molecule has 29 heavy (non-hydrogen) atoms. The van der Waals surface area contributed by atoms with Gasteiger partial charge in [-0.15, -0.1) is 0 Å². The van der Waals surface area contributed by atoms with E-state index in [-0.39, 0.29) is 30.1 Å². The summed E-state index contributed by atoms with van der Waals surface area (Å²) in [5.41, 5.74) is 2.85. The van der Waals surface area contributed by atoms with Crippen LogP contribution in [0.3, 0.4) is 0 Å². The molecule has 0 saturated carbocycles. The van der Waals surface area contributed by atoms with E-state index in [4.69, 9.17) is 0 Å². The van der Waals surface area contributed by atoms with Crippen molar-refractivity contribution in [1.29, 1.82) is 0 Å². The summed E-state index contributed by atoms with van der Waals surface area (Å²) in [6.45, 7) is 7.26. The molecule has 3 aromatic rings. The Morgan fingerprint density at radius 1 is 1.21 bits per heavy atom. The van der Waals surface area contributed by atoms with Crippen molar-refractivity contribution < 1.29 is 9.72 Å². The Morgan fingerprint density at radius 2 is 1.90 bits per heavy atom. The molecule has 0 radical (unpaired) electrons. The first-order chi connectivity index (χ1) is 13.8. The van der Waals surface area contributed by atoms with Crippen LogP contribution in [0.5, 0.6) is 0 Å². The third kappa shape index (κ3) is 4.37. The first-order valence-electron chi connectivity index (χ1n) is 9.50. The molecular weight excluding hydrogens is 370 g/mol. The molecule has 0 aliphatic rings. The molecule has 0 aliphatic carbocycles. The Morgan fingerprint density at radius 3 is 2.52 bits per heavy atom. The average molecular weight is 395 g/mol. The third-order valence-corrected chi connectivity index (χ3v) is 5.05. The quantitative estimate of drug-likeness (QED) is 0.487. The van der Waals surface area contributed by atoms with Crippen molar-refractivity contribution in [3.8, 4) is 5.69 Å². The highest BCUT2D eigenvalue weighted by molar-refractivity contribution is 5.78. The van der Waals surface area contributed by atoms with Crippen molar-refractivity contribution in [2.75, 3.05) is 0 Å². The molecule has 0 fully saturated rings. The first kappa shape index (κ1) is 20.3. The monoisotopic (exact) mass is 395 g/mol. The van der Waals surface area contributed by atoms with Gasteiger partial charge >= 0.3 is 5.69 Å². The smallest absolute Gasteiger partial charge is 0.312 e. The highest BCUT2D eigenvalue weighted by atomic mass is 16.6. The lowest BCUT2D eigenvalue weighted by molar-refractivity contribution is -0.386. The summed E-state index contributed by atoms with van der Waals surface area (Å²) < 4.78 is 3.55. The van der Waals surface area contributed by atoms with Gasteiger partial charge in [0.15, 0.2) is 0 Å². The number of hydrogen-bond donors (Lipinski definition) is 1. The topological polar surface area (TPSA) is 95.0 Å². The van der Waals surface area contributed by atoms with Crippen molar-refractivity contribution >= 4 is 11.6 Å². The molecule has 8 nitrogen and oxygen atoms in total. The van der Waals surface area contributed by atoms with Crippen molar-refractivity contribution in [3.05, 3.63) is 75.9 Å². The van der Waals surface area contributed by atoms with E-state index in [1.165, 1.54) is 4.68 Å². The molecule has 1 aromatic carbocycles. The van der Waals surface area contributed by atoms with Gasteiger partial charge in [-0.25, -0.2) is 0 Å². The van der Waals surface area contributed by atoms with Gasteiger partial charge in [0.1, 0.15) is 11.4 Å². The van der Waals surface area contributed by atoms with Gasteiger partial charge in [-0.05, 0) is 50.6 Å². The molecule has 2 unspecified atom stereocenters. The van der Waals surface area contributed by atoms with Crippen LogP contribution in [-0.4, -0.2) is 25.2 Å². The molecule has 1 N–H and O–H groups in total. The SMILES string of the molecule is Cc1nn(CC(C)C(=O)NC(C)c2cccc(-n3cccc3)c2)c(C)c1[N+](=O)[O-]. The van der Waals surface area contributed by atoms with Gasteiger partial charge in [-0.3, -0.25) is 19.6 Å². The van der Waals surface area contributed by atoms with Crippen LogP contribution in [0.25, 0.3) is 5.69 Å². The van der Waals surface area contributed by atoms with E-state index in [2.05, 4.69) is 10.4 Å². The molecule has 2 heterocycles. The summed E-state index contributed by atoms with van der Waals surface area (Å²) in [5, 5.41) is 18.4. The molecule has 0 bridgehead atoms. The number of nitro groups is 1. The van der Waals surface area contributed by atoms with E-state index in [0.29, 0.717) is 11.4 Å². The molecule has 1 amide bonds. The van der Waals surface area contributed by atoms with Crippen molar-refractivity contribution in [2.24, 2.45) is 5.92 Å². The first-order valence-corrected chi connectivity index (χ1v) is 9.50. The van der Waals surface area contributed by atoms with Crippen molar-refractivity contribution in [2.45, 2.75) is 40.3 Å². The van der Waals surface area contributed by atoms with E-state index in [0.717, 1.165) is 11.3 Å². The lowest BCUT2D eigenvalue weighted by Crippen LogP contribution is -2.33. The zero-order valence-electron chi connectivity index (χ0n) is 17.0. The van der Waals surface area contributed by atoms with Crippen LogP contribution in [-0.2, 0) is 11.3 Å². The second-order valence-electron chi connectivity index (χ2n) is 7.28. The van der Waals surface area contributed by atoms with E-state index < -0.39 is 4.92 Å². The number of carbonyl (C=O) groups excluding carboxylic acids is 1. The lowest BCUT2D eigenvalue weighted by atomic mass is 10.1. The highest BCUT2D eigenvalue weighted by Gasteiger charge is 2.24. The second-order valence-corrected chi connectivity index (χ2v) is 7.28. The van der Waals surface area contributed by atoms with Crippen LogP contribution in [0, 0.1) is 29.9 Å². The highest BCUT2D eigenvalue weighted by Crippen LogP contribution is 2.23. The number of hydrogen-bond acceptors (Lipinski definition) is 4. The summed E-state index contributed by atoms with van der Waals surface area (Å²) in [5.74, 6) is -0.512. The normalized spacial score (nSPS) is 13.1. The van der Waals surface area contributed by atoms with Gasteiger partial charge in [0.2, 0.25) is 5.91 Å². The maximum atomic E-state index is 12.7. The van der Waals surface area contributed by atoms with Crippen LogP contribution >= 0.6 is 0 Å². The molecule has 2 aromatic heterocycles. The number of aryl methyl sites for hydroxylation is 1. The van der Waals surface area contributed by atoms with Gasteiger partial charge in [0.25, 0.3) is 0 Å². The van der Waals surface area contributed by atoms with Gasteiger partial charge in [0.05, 0.1) is 23.4 Å².